The molecular formula is C18H25N3O4. The third-order valence-corrected chi connectivity index (χ3v) is 4.25. The number of amides is 1. The Hall–Kier alpha value is -2.62. The van der Waals surface area contributed by atoms with E-state index in [1.165, 1.54) is 0 Å². The lowest BCUT2D eigenvalue weighted by atomic mass is 9.99. The molecule has 1 heterocycles. The highest BCUT2D eigenvalue weighted by Crippen LogP contribution is 2.15. The van der Waals surface area contributed by atoms with Gasteiger partial charge in [-0.2, -0.15) is 5.26 Å². The summed E-state index contributed by atoms with van der Waals surface area (Å²) in [6.45, 7) is 8.95. The number of pyridine rings is 1. The van der Waals surface area contributed by atoms with Gasteiger partial charge in [0.2, 0.25) is 0 Å². The maximum absolute atomic E-state index is 11.8. The predicted octanol–water partition coefficient (Wildman–Crippen LogP) is 1.50. The highest BCUT2D eigenvalue weighted by Gasteiger charge is 2.15. The number of H-pyrrole nitrogens is 1. The van der Waals surface area contributed by atoms with E-state index in [0.717, 1.165) is 5.56 Å². The zero-order valence-corrected chi connectivity index (χ0v) is 15.4. The predicted molar refractivity (Wildman–Crippen MR) is 93.0 cm³/mol. The summed E-state index contributed by atoms with van der Waals surface area (Å²) >= 11 is 0. The molecule has 0 spiro atoms. The van der Waals surface area contributed by atoms with Crippen molar-refractivity contribution in [3.05, 3.63) is 32.7 Å². The van der Waals surface area contributed by atoms with Crippen LogP contribution in [0.5, 0.6) is 0 Å². The first kappa shape index (κ1) is 20.4. The summed E-state index contributed by atoms with van der Waals surface area (Å²) < 4.78 is 4.98. The number of nitriles is 1. The molecule has 0 aliphatic carbocycles. The van der Waals surface area contributed by atoms with Gasteiger partial charge in [0.25, 0.3) is 11.5 Å². The highest BCUT2D eigenvalue weighted by atomic mass is 16.5. The van der Waals surface area contributed by atoms with E-state index in [1.807, 2.05) is 26.8 Å². The molecule has 0 aromatic carbocycles. The second kappa shape index (κ2) is 9.02. The average molecular weight is 347 g/mol. The second-order valence-electron chi connectivity index (χ2n) is 6.43. The van der Waals surface area contributed by atoms with E-state index in [-0.39, 0.29) is 30.5 Å². The van der Waals surface area contributed by atoms with E-state index in [4.69, 9.17) is 10.00 Å². The summed E-state index contributed by atoms with van der Waals surface area (Å²) in [6, 6.07) is 1.88. The molecule has 0 saturated heterocycles. The van der Waals surface area contributed by atoms with Gasteiger partial charge in [0, 0.05) is 18.2 Å². The fourth-order valence-electron chi connectivity index (χ4n) is 2.33. The first-order valence-corrected chi connectivity index (χ1v) is 8.24. The van der Waals surface area contributed by atoms with Crippen molar-refractivity contribution in [1.82, 2.24) is 10.3 Å². The molecule has 25 heavy (non-hydrogen) atoms. The lowest BCUT2D eigenvalue weighted by Crippen LogP contribution is -2.38. The minimum Gasteiger partial charge on any atom is -0.456 e. The Kier molecular flexibility index (Phi) is 7.37. The molecule has 136 valence electrons. The molecule has 0 unspecified atom stereocenters. The second-order valence-corrected chi connectivity index (χ2v) is 6.43. The minimum absolute atomic E-state index is 0.00190. The Bertz CT molecular complexity index is 744. The van der Waals surface area contributed by atoms with Crippen molar-refractivity contribution in [3.8, 4) is 6.07 Å². The summed E-state index contributed by atoms with van der Waals surface area (Å²) in [6.07, 6.45) is 0.386. The molecule has 1 amide bonds. The first-order chi connectivity index (χ1) is 11.7. The molecule has 0 fully saturated rings. The molecule has 0 bridgehead atoms. The smallest absolute Gasteiger partial charge is 0.306 e. The number of nitrogens with zero attached hydrogens (tertiary/aromatic N) is 1. The number of aromatic nitrogens is 1. The van der Waals surface area contributed by atoms with Crippen LogP contribution in [0.25, 0.3) is 0 Å². The Labute approximate surface area is 147 Å². The zero-order chi connectivity index (χ0) is 19.1. The molecule has 7 heteroatoms. The number of aryl methyl sites for hydroxylation is 1. The van der Waals surface area contributed by atoms with Crippen LogP contribution in [0.4, 0.5) is 0 Å². The molecule has 7 nitrogen and oxygen atoms in total. The van der Waals surface area contributed by atoms with Crippen molar-refractivity contribution in [2.75, 3.05) is 6.61 Å². The van der Waals surface area contributed by atoms with Gasteiger partial charge in [0.15, 0.2) is 6.61 Å². The van der Waals surface area contributed by atoms with Gasteiger partial charge in [-0.15, -0.1) is 0 Å². The fourth-order valence-corrected chi connectivity index (χ4v) is 2.33. The van der Waals surface area contributed by atoms with Crippen molar-refractivity contribution in [2.45, 2.75) is 53.5 Å². The van der Waals surface area contributed by atoms with Gasteiger partial charge in [0.05, 0.1) is 0 Å². The molecule has 1 aromatic heterocycles. The van der Waals surface area contributed by atoms with E-state index in [1.54, 1.807) is 13.8 Å². The molecule has 1 atom stereocenters. The maximum atomic E-state index is 11.8. The van der Waals surface area contributed by atoms with Crippen molar-refractivity contribution in [1.29, 1.82) is 5.26 Å². The first-order valence-electron chi connectivity index (χ1n) is 8.24. The normalized spacial score (nSPS) is 11.7. The Morgan fingerprint density at radius 3 is 2.48 bits per heavy atom. The number of ether oxygens (including phenoxy) is 1. The topological polar surface area (TPSA) is 112 Å². The maximum Gasteiger partial charge on any atom is 0.306 e. The summed E-state index contributed by atoms with van der Waals surface area (Å²) in [5.41, 5.74) is 1.56. The van der Waals surface area contributed by atoms with Gasteiger partial charge >= 0.3 is 5.97 Å². The standard InChI is InChI=1S/C18H25N3O4/c1-10(2)12(4)20-16(22)9-25-17(23)7-6-14-11(3)15(8-19)18(24)21-13(14)5/h10,12H,6-7,9H2,1-5H3,(H,20,22)(H,21,24)/t12-/m0/s1. The summed E-state index contributed by atoms with van der Waals surface area (Å²) in [7, 11) is 0. The van der Waals surface area contributed by atoms with Crippen molar-refractivity contribution >= 4 is 11.9 Å². The number of rotatable bonds is 7. The fraction of sp³-hybridized carbons (Fsp3) is 0.556. The molecule has 0 radical (unpaired) electrons. The van der Waals surface area contributed by atoms with Crippen molar-refractivity contribution in [3.63, 3.8) is 0 Å². The minimum atomic E-state index is -0.504. The number of hydrogen-bond acceptors (Lipinski definition) is 5. The van der Waals surface area contributed by atoms with Crippen LogP contribution in [-0.2, 0) is 20.7 Å². The van der Waals surface area contributed by atoms with Gasteiger partial charge in [0.1, 0.15) is 11.6 Å². The van der Waals surface area contributed by atoms with Crippen molar-refractivity contribution in [2.24, 2.45) is 5.92 Å². The third kappa shape index (κ3) is 5.75. The number of hydrogen-bond donors (Lipinski definition) is 2. The Balaban J connectivity index is 2.60. The van der Waals surface area contributed by atoms with E-state index in [2.05, 4.69) is 10.3 Å². The number of aromatic amines is 1. The molecular weight excluding hydrogens is 322 g/mol. The molecule has 1 rings (SSSR count). The van der Waals surface area contributed by atoms with Crippen LogP contribution in [0.2, 0.25) is 0 Å². The summed E-state index contributed by atoms with van der Waals surface area (Å²) in [5, 5.41) is 11.8. The van der Waals surface area contributed by atoms with Crippen LogP contribution in [0.15, 0.2) is 4.79 Å². The van der Waals surface area contributed by atoms with E-state index < -0.39 is 11.5 Å². The zero-order valence-electron chi connectivity index (χ0n) is 15.4. The quantitative estimate of drug-likeness (QED) is 0.726. The SMILES string of the molecule is Cc1[nH]c(=O)c(C#N)c(C)c1CCC(=O)OCC(=O)N[C@@H](C)C(C)C. The van der Waals surface area contributed by atoms with Gasteiger partial charge < -0.3 is 15.0 Å². The van der Waals surface area contributed by atoms with Gasteiger partial charge in [-0.3, -0.25) is 14.4 Å². The molecule has 0 aliphatic heterocycles. The van der Waals surface area contributed by atoms with Crippen LogP contribution in [-0.4, -0.2) is 29.5 Å². The molecule has 0 saturated carbocycles. The van der Waals surface area contributed by atoms with Gasteiger partial charge in [-0.05, 0) is 44.2 Å². The number of carbonyl (C=O) groups is 2. The van der Waals surface area contributed by atoms with Gasteiger partial charge in [-0.1, -0.05) is 13.8 Å². The average Bonchev–Trinajstić information content (AvgIpc) is 2.52. The van der Waals surface area contributed by atoms with Crippen LogP contribution < -0.4 is 10.9 Å². The molecule has 2 N–H and O–H groups in total. The van der Waals surface area contributed by atoms with E-state index in [0.29, 0.717) is 23.6 Å². The van der Waals surface area contributed by atoms with E-state index in [9.17, 15) is 14.4 Å². The van der Waals surface area contributed by atoms with Crippen LogP contribution >= 0.6 is 0 Å². The molecule has 0 aliphatic rings. The highest BCUT2D eigenvalue weighted by molar-refractivity contribution is 5.80. The summed E-state index contributed by atoms with van der Waals surface area (Å²) in [4.78, 5) is 37.8. The number of carbonyl (C=O) groups excluding carboxylic acids is 2. The third-order valence-electron chi connectivity index (χ3n) is 4.25. The monoisotopic (exact) mass is 347 g/mol. The number of esters is 1. The summed E-state index contributed by atoms with van der Waals surface area (Å²) in [5.74, 6) is -0.547. The lowest BCUT2D eigenvalue weighted by molar-refractivity contribution is -0.148. The van der Waals surface area contributed by atoms with Crippen molar-refractivity contribution < 1.29 is 14.3 Å². The largest absolute Gasteiger partial charge is 0.456 e. The lowest BCUT2D eigenvalue weighted by Gasteiger charge is -2.17. The van der Waals surface area contributed by atoms with Crippen LogP contribution in [0.3, 0.4) is 0 Å². The Morgan fingerprint density at radius 1 is 1.28 bits per heavy atom. The Morgan fingerprint density at radius 2 is 1.92 bits per heavy atom. The number of nitrogens with one attached hydrogen (secondary N) is 2. The van der Waals surface area contributed by atoms with E-state index >= 15 is 0 Å². The molecule has 1 aromatic rings. The van der Waals surface area contributed by atoms with Crippen LogP contribution in [0, 0.1) is 31.1 Å². The van der Waals surface area contributed by atoms with Crippen LogP contribution in [0.1, 0.15) is 49.6 Å². The van der Waals surface area contributed by atoms with Gasteiger partial charge in [-0.25, -0.2) is 0 Å².